The fraction of sp³-hybridized carbons (Fsp3) is 0.667. The molecule has 1 saturated carbocycles. The fourth-order valence-electron chi connectivity index (χ4n) is 5.92. The quantitative estimate of drug-likeness (QED) is 0.646. The number of hydrazine groups is 1. The molecule has 11 heteroatoms. The molecule has 1 aliphatic carbocycles. The van der Waals surface area contributed by atoms with Crippen molar-refractivity contribution in [3.63, 3.8) is 0 Å². The van der Waals surface area contributed by atoms with Crippen LogP contribution in [0.2, 0.25) is 0 Å². The molecule has 4 unspecified atom stereocenters. The first-order chi connectivity index (χ1) is 16.5. The highest BCUT2D eigenvalue weighted by Crippen LogP contribution is 2.39. The highest BCUT2D eigenvalue weighted by atomic mass is 32.2. The van der Waals surface area contributed by atoms with E-state index in [-0.39, 0.29) is 35.5 Å². The van der Waals surface area contributed by atoms with Gasteiger partial charge in [0.05, 0.1) is 17.8 Å². The summed E-state index contributed by atoms with van der Waals surface area (Å²) in [6.07, 6.45) is 3.23. The molecule has 0 aromatic heterocycles. The summed E-state index contributed by atoms with van der Waals surface area (Å²) in [6, 6.07) is 4.97. The van der Waals surface area contributed by atoms with Gasteiger partial charge in [-0.25, -0.2) is 22.6 Å². The number of nitrogens with zero attached hydrogens (tertiary/aromatic N) is 3. The topological polar surface area (TPSA) is 99.3 Å². The molecule has 2 heterocycles. The third kappa shape index (κ3) is 6.13. The maximum atomic E-state index is 13.3. The van der Waals surface area contributed by atoms with Crippen LogP contribution in [0, 0.1) is 17.7 Å². The van der Waals surface area contributed by atoms with E-state index in [2.05, 4.69) is 5.43 Å². The Labute approximate surface area is 206 Å². The van der Waals surface area contributed by atoms with Gasteiger partial charge in [-0.3, -0.25) is 10.2 Å². The summed E-state index contributed by atoms with van der Waals surface area (Å²) in [5.74, 6) is 0.650. The molecule has 2 saturated heterocycles. The van der Waals surface area contributed by atoms with E-state index in [4.69, 9.17) is 4.74 Å². The zero-order valence-corrected chi connectivity index (χ0v) is 21.3. The number of carbonyl (C=O) groups is 2. The van der Waals surface area contributed by atoms with E-state index in [1.807, 2.05) is 16.8 Å². The third-order valence-corrected chi connectivity index (χ3v) is 8.49. The van der Waals surface area contributed by atoms with Gasteiger partial charge in [0.25, 0.3) is 0 Å². The van der Waals surface area contributed by atoms with Crippen LogP contribution in [-0.2, 0) is 14.6 Å². The SMILES string of the molecule is CC(=O)N1C2CCC(C3CNN(CCS(C)(=O)=O)C3)CC2N(C(=O)Oc2ccc(F)cc2)C[C@@H]1C. The number of amides is 2. The normalized spacial score (nSPS) is 29.7. The first-order valence-electron chi connectivity index (χ1n) is 12.2. The van der Waals surface area contributed by atoms with E-state index in [1.54, 1.807) is 11.8 Å². The van der Waals surface area contributed by atoms with Gasteiger partial charge in [0.15, 0.2) is 0 Å². The Hall–Kier alpha value is -2.24. The Morgan fingerprint density at radius 2 is 1.83 bits per heavy atom. The third-order valence-electron chi connectivity index (χ3n) is 7.56. The largest absolute Gasteiger partial charge is 0.415 e. The van der Waals surface area contributed by atoms with Crippen LogP contribution < -0.4 is 10.2 Å². The number of sulfone groups is 1. The lowest BCUT2D eigenvalue weighted by Gasteiger charge is -2.54. The molecule has 4 rings (SSSR count). The van der Waals surface area contributed by atoms with Crippen LogP contribution in [0.3, 0.4) is 0 Å². The number of carbonyl (C=O) groups excluding carboxylic acids is 2. The summed E-state index contributed by atoms with van der Waals surface area (Å²) < 4.78 is 41.9. The van der Waals surface area contributed by atoms with Crippen molar-refractivity contribution in [1.29, 1.82) is 0 Å². The van der Waals surface area contributed by atoms with Gasteiger partial charge in [0.2, 0.25) is 5.91 Å². The Balaban J connectivity index is 1.47. The minimum Gasteiger partial charge on any atom is -0.410 e. The molecule has 35 heavy (non-hydrogen) atoms. The van der Waals surface area contributed by atoms with Crippen molar-refractivity contribution < 1.29 is 27.1 Å². The predicted molar refractivity (Wildman–Crippen MR) is 129 cm³/mol. The number of fused-ring (bicyclic) bond motifs is 1. The number of piperazine rings is 1. The zero-order chi connectivity index (χ0) is 25.3. The molecule has 0 radical (unpaired) electrons. The fourth-order valence-corrected chi connectivity index (χ4v) is 6.47. The van der Waals surface area contributed by atoms with Crippen LogP contribution in [0.1, 0.15) is 33.1 Å². The van der Waals surface area contributed by atoms with Crippen molar-refractivity contribution in [2.45, 2.75) is 51.2 Å². The lowest BCUT2D eigenvalue weighted by atomic mass is 9.73. The smallest absolute Gasteiger partial charge is 0.410 e. The van der Waals surface area contributed by atoms with E-state index in [0.717, 1.165) is 32.4 Å². The van der Waals surface area contributed by atoms with Gasteiger partial charge in [-0.1, -0.05) is 0 Å². The van der Waals surface area contributed by atoms with E-state index in [9.17, 15) is 22.4 Å². The van der Waals surface area contributed by atoms with E-state index in [1.165, 1.54) is 30.5 Å². The Morgan fingerprint density at radius 3 is 2.49 bits per heavy atom. The number of nitrogens with one attached hydrogen (secondary N) is 1. The maximum Gasteiger partial charge on any atom is 0.415 e. The molecule has 9 nitrogen and oxygen atoms in total. The molecular formula is C24H35FN4O5S. The molecular weight excluding hydrogens is 475 g/mol. The van der Waals surface area contributed by atoms with Gasteiger partial charge in [0.1, 0.15) is 21.4 Å². The molecule has 0 bridgehead atoms. The van der Waals surface area contributed by atoms with Crippen molar-refractivity contribution in [2.75, 3.05) is 38.2 Å². The summed E-state index contributed by atoms with van der Waals surface area (Å²) in [6.45, 7) is 5.86. The summed E-state index contributed by atoms with van der Waals surface area (Å²) in [4.78, 5) is 29.4. The van der Waals surface area contributed by atoms with Crippen molar-refractivity contribution in [1.82, 2.24) is 20.2 Å². The molecule has 3 fully saturated rings. The average molecular weight is 511 g/mol. The Kier molecular flexibility index (Phi) is 7.68. The summed E-state index contributed by atoms with van der Waals surface area (Å²) in [7, 11) is -3.03. The van der Waals surface area contributed by atoms with Gasteiger partial charge in [-0.05, 0) is 62.3 Å². The standard InChI is InChI=1S/C24H35FN4O5S/c1-16-14-28(24(31)34-21-7-5-20(25)6-8-21)23-12-18(4-9-22(23)29(16)17(2)30)19-13-26-27(15-19)10-11-35(3,32)33/h5-8,16,18-19,22-23,26H,4,9-15H2,1-3H3/t16-,18?,19?,22?,23?/m0/s1. The molecule has 5 atom stereocenters. The maximum absolute atomic E-state index is 13.3. The second kappa shape index (κ2) is 10.4. The van der Waals surface area contributed by atoms with Crippen LogP contribution in [0.25, 0.3) is 0 Å². The molecule has 1 aromatic carbocycles. The van der Waals surface area contributed by atoms with Gasteiger partial charge >= 0.3 is 6.09 Å². The summed E-state index contributed by atoms with van der Waals surface area (Å²) in [5.41, 5.74) is 3.32. The average Bonchev–Trinajstić information content (AvgIpc) is 3.27. The van der Waals surface area contributed by atoms with Crippen molar-refractivity contribution >= 4 is 21.8 Å². The minimum atomic E-state index is -3.03. The van der Waals surface area contributed by atoms with Crippen molar-refractivity contribution in [3.8, 4) is 5.75 Å². The van der Waals surface area contributed by atoms with Crippen LogP contribution >= 0.6 is 0 Å². The van der Waals surface area contributed by atoms with Crippen LogP contribution in [0.15, 0.2) is 24.3 Å². The first-order valence-corrected chi connectivity index (χ1v) is 14.3. The van der Waals surface area contributed by atoms with Gasteiger partial charge in [-0.2, -0.15) is 0 Å². The van der Waals surface area contributed by atoms with Gasteiger partial charge < -0.3 is 14.5 Å². The summed E-state index contributed by atoms with van der Waals surface area (Å²) in [5, 5.41) is 1.98. The highest BCUT2D eigenvalue weighted by molar-refractivity contribution is 7.90. The number of halogens is 1. The van der Waals surface area contributed by atoms with E-state index >= 15 is 0 Å². The molecule has 2 aliphatic heterocycles. The molecule has 1 N–H and O–H groups in total. The van der Waals surface area contributed by atoms with Gasteiger partial charge in [-0.15, -0.1) is 0 Å². The van der Waals surface area contributed by atoms with Crippen LogP contribution in [0.5, 0.6) is 5.75 Å². The number of benzene rings is 1. The van der Waals surface area contributed by atoms with Crippen molar-refractivity contribution in [3.05, 3.63) is 30.1 Å². The number of hydrogen-bond acceptors (Lipinski definition) is 7. The van der Waals surface area contributed by atoms with Gasteiger partial charge in [0, 0.05) is 45.4 Å². The second-order valence-electron chi connectivity index (χ2n) is 10.2. The number of rotatable bonds is 5. The lowest BCUT2D eigenvalue weighted by molar-refractivity contribution is -0.142. The first kappa shape index (κ1) is 25.8. The predicted octanol–water partition coefficient (Wildman–Crippen LogP) is 1.90. The van der Waals surface area contributed by atoms with Crippen molar-refractivity contribution in [2.24, 2.45) is 11.8 Å². The van der Waals surface area contributed by atoms with Crippen LogP contribution in [0.4, 0.5) is 9.18 Å². The Morgan fingerprint density at radius 1 is 1.11 bits per heavy atom. The van der Waals surface area contributed by atoms with Crippen LogP contribution in [-0.4, -0.2) is 91.5 Å². The monoisotopic (exact) mass is 510 g/mol. The van der Waals surface area contributed by atoms with E-state index < -0.39 is 21.7 Å². The lowest BCUT2D eigenvalue weighted by Crippen LogP contribution is -2.67. The Bertz CT molecular complexity index is 1040. The minimum absolute atomic E-state index is 0.00647. The summed E-state index contributed by atoms with van der Waals surface area (Å²) >= 11 is 0. The highest BCUT2D eigenvalue weighted by Gasteiger charge is 2.48. The second-order valence-corrected chi connectivity index (χ2v) is 12.4. The molecule has 194 valence electrons. The molecule has 2 amide bonds. The number of hydrogen-bond donors (Lipinski definition) is 1. The zero-order valence-electron chi connectivity index (χ0n) is 20.5. The molecule has 3 aliphatic rings. The van der Waals surface area contributed by atoms with E-state index in [0.29, 0.717) is 24.9 Å². The number of ether oxygens (including phenoxy) is 1. The molecule has 0 spiro atoms. The molecule has 1 aromatic rings.